The monoisotopic (exact) mass is 338 g/mol. The number of nitrogens with zero attached hydrogens (tertiary/aromatic N) is 1. The van der Waals surface area contributed by atoms with E-state index >= 15 is 0 Å². The van der Waals surface area contributed by atoms with E-state index in [1.54, 1.807) is 4.90 Å². The third kappa shape index (κ3) is 3.60. The molecule has 1 saturated heterocycles. The third-order valence-corrected chi connectivity index (χ3v) is 4.08. The van der Waals surface area contributed by atoms with Gasteiger partial charge in [-0.15, -0.1) is 0 Å². The van der Waals surface area contributed by atoms with E-state index in [-0.39, 0.29) is 18.4 Å². The fourth-order valence-electron chi connectivity index (χ4n) is 2.37. The molecule has 1 atom stereocenters. The van der Waals surface area contributed by atoms with Crippen molar-refractivity contribution in [2.24, 2.45) is 5.92 Å². The molecule has 1 heterocycles. The highest BCUT2D eigenvalue weighted by Crippen LogP contribution is 2.20. The van der Waals surface area contributed by atoms with Crippen LogP contribution in [0.3, 0.4) is 0 Å². The number of hydrogen-bond acceptors (Lipinski definition) is 2. The maximum absolute atomic E-state index is 12.4. The molecule has 1 aliphatic rings. The normalized spacial score (nSPS) is 19.4. The van der Waals surface area contributed by atoms with Crippen molar-refractivity contribution < 1.29 is 9.59 Å². The number of benzene rings is 1. The number of piperazine rings is 1. The largest absolute Gasteiger partial charge is 0.343 e. The maximum Gasteiger partial charge on any atom is 0.245 e. The minimum Gasteiger partial charge on any atom is -0.343 e. The Morgan fingerprint density at radius 3 is 2.70 bits per heavy atom. The van der Waals surface area contributed by atoms with Crippen LogP contribution in [0.4, 0.5) is 0 Å². The Hall–Kier alpha value is -1.36. The molecule has 0 bridgehead atoms. The fourth-order valence-corrected chi connectivity index (χ4v) is 2.78. The minimum absolute atomic E-state index is 0.00838. The molecule has 1 fully saturated rings. The molecule has 1 N–H and O–H groups in total. The van der Waals surface area contributed by atoms with Gasteiger partial charge in [0.15, 0.2) is 0 Å². The number of carbonyl (C=O) groups excluding carboxylic acids is 2. The quantitative estimate of drug-likeness (QED) is 0.915. The van der Waals surface area contributed by atoms with Crippen LogP contribution in [-0.4, -0.2) is 29.3 Å². The molecule has 20 heavy (non-hydrogen) atoms. The summed E-state index contributed by atoms with van der Waals surface area (Å²) in [5.74, 6) is 0.295. The predicted octanol–water partition coefficient (Wildman–Crippen LogP) is 2.32. The molecule has 2 rings (SSSR count). The fraction of sp³-hybridized carbons (Fsp3) is 0.467. The Balaban J connectivity index is 2.12. The summed E-state index contributed by atoms with van der Waals surface area (Å²) in [4.78, 5) is 25.8. The highest BCUT2D eigenvalue weighted by Gasteiger charge is 2.32. The van der Waals surface area contributed by atoms with Crippen molar-refractivity contribution in [3.63, 3.8) is 0 Å². The molecule has 2 amide bonds. The summed E-state index contributed by atoms with van der Waals surface area (Å²) in [5.41, 5.74) is 1.01. The summed E-state index contributed by atoms with van der Waals surface area (Å²) in [5, 5.41) is 2.79. The van der Waals surface area contributed by atoms with Gasteiger partial charge in [0, 0.05) is 11.0 Å². The van der Waals surface area contributed by atoms with Gasteiger partial charge in [-0.05, 0) is 24.0 Å². The van der Waals surface area contributed by atoms with Crippen molar-refractivity contribution in [3.8, 4) is 0 Å². The maximum atomic E-state index is 12.4. The smallest absolute Gasteiger partial charge is 0.245 e. The van der Waals surface area contributed by atoms with Crippen LogP contribution in [0.15, 0.2) is 28.7 Å². The van der Waals surface area contributed by atoms with Crippen molar-refractivity contribution in [1.82, 2.24) is 10.2 Å². The van der Waals surface area contributed by atoms with Gasteiger partial charge >= 0.3 is 0 Å². The second kappa shape index (κ2) is 6.39. The molecular formula is C15H19BrN2O2. The third-order valence-electron chi connectivity index (χ3n) is 3.31. The van der Waals surface area contributed by atoms with Crippen LogP contribution in [0.5, 0.6) is 0 Å². The highest BCUT2D eigenvalue weighted by molar-refractivity contribution is 9.10. The van der Waals surface area contributed by atoms with Crippen LogP contribution in [0.1, 0.15) is 25.8 Å². The molecule has 5 heteroatoms. The Bertz CT molecular complexity index is 516. The Morgan fingerprint density at radius 2 is 2.05 bits per heavy atom. The molecule has 0 aliphatic carbocycles. The van der Waals surface area contributed by atoms with Gasteiger partial charge in [-0.1, -0.05) is 48.0 Å². The topological polar surface area (TPSA) is 49.4 Å². The standard InChI is InChI=1S/C15H19BrN2O2/c1-10(2)7-13-15(20)18(9-14(19)17-13)8-11-5-3-4-6-12(11)16/h3-6,10,13H,7-9H2,1-2H3,(H,17,19). The van der Waals surface area contributed by atoms with Crippen molar-refractivity contribution >= 4 is 27.7 Å². The van der Waals surface area contributed by atoms with E-state index < -0.39 is 6.04 Å². The Labute approximate surface area is 127 Å². The molecule has 0 saturated carbocycles. The first-order valence-electron chi connectivity index (χ1n) is 6.79. The Morgan fingerprint density at radius 1 is 1.35 bits per heavy atom. The Kier molecular flexibility index (Phi) is 4.81. The number of hydrogen-bond donors (Lipinski definition) is 1. The summed E-state index contributed by atoms with van der Waals surface area (Å²) in [7, 11) is 0. The van der Waals surface area contributed by atoms with Gasteiger partial charge < -0.3 is 10.2 Å². The average Bonchev–Trinajstić information content (AvgIpc) is 2.37. The van der Waals surface area contributed by atoms with E-state index in [9.17, 15) is 9.59 Å². The van der Waals surface area contributed by atoms with Crippen LogP contribution in [0, 0.1) is 5.92 Å². The number of carbonyl (C=O) groups is 2. The first-order chi connectivity index (χ1) is 9.47. The van der Waals surface area contributed by atoms with Crippen molar-refractivity contribution in [3.05, 3.63) is 34.3 Å². The second-order valence-corrected chi connectivity index (χ2v) is 6.39. The lowest BCUT2D eigenvalue weighted by atomic mass is 10.0. The zero-order chi connectivity index (χ0) is 14.7. The molecule has 0 spiro atoms. The molecule has 108 valence electrons. The minimum atomic E-state index is -0.390. The van der Waals surface area contributed by atoms with Crippen molar-refractivity contribution in [1.29, 1.82) is 0 Å². The number of amides is 2. The van der Waals surface area contributed by atoms with Gasteiger partial charge in [-0.2, -0.15) is 0 Å². The summed E-state index contributed by atoms with van der Waals surface area (Å²) < 4.78 is 0.958. The van der Waals surface area contributed by atoms with Gasteiger partial charge in [0.25, 0.3) is 0 Å². The molecule has 1 aromatic rings. The van der Waals surface area contributed by atoms with Crippen LogP contribution < -0.4 is 5.32 Å². The van der Waals surface area contributed by atoms with E-state index in [2.05, 4.69) is 21.2 Å². The van der Waals surface area contributed by atoms with Crippen LogP contribution >= 0.6 is 15.9 Å². The first-order valence-corrected chi connectivity index (χ1v) is 7.58. The van der Waals surface area contributed by atoms with E-state index in [0.717, 1.165) is 10.0 Å². The molecule has 1 aliphatic heterocycles. The van der Waals surface area contributed by atoms with Gasteiger partial charge in [0.05, 0.1) is 6.54 Å². The van der Waals surface area contributed by atoms with Gasteiger partial charge in [-0.25, -0.2) is 0 Å². The van der Waals surface area contributed by atoms with Crippen molar-refractivity contribution in [2.75, 3.05) is 6.54 Å². The molecular weight excluding hydrogens is 320 g/mol. The van der Waals surface area contributed by atoms with E-state index in [0.29, 0.717) is 18.9 Å². The molecule has 0 radical (unpaired) electrons. The number of nitrogens with one attached hydrogen (secondary N) is 1. The molecule has 4 nitrogen and oxygen atoms in total. The van der Waals surface area contributed by atoms with Crippen LogP contribution in [0.2, 0.25) is 0 Å². The average molecular weight is 339 g/mol. The lowest BCUT2D eigenvalue weighted by Gasteiger charge is -2.33. The van der Waals surface area contributed by atoms with Crippen LogP contribution in [-0.2, 0) is 16.1 Å². The lowest BCUT2D eigenvalue weighted by molar-refractivity contribution is -0.145. The van der Waals surface area contributed by atoms with E-state index in [1.165, 1.54) is 0 Å². The summed E-state index contributed by atoms with van der Waals surface area (Å²) in [6.07, 6.45) is 0.678. The molecule has 1 unspecified atom stereocenters. The molecule has 1 aromatic carbocycles. The predicted molar refractivity (Wildman–Crippen MR) is 80.9 cm³/mol. The van der Waals surface area contributed by atoms with Crippen LogP contribution in [0.25, 0.3) is 0 Å². The summed E-state index contributed by atoms with van der Waals surface area (Å²) in [6, 6.07) is 7.37. The van der Waals surface area contributed by atoms with Gasteiger partial charge in [0.1, 0.15) is 6.04 Å². The van der Waals surface area contributed by atoms with E-state index in [1.807, 2.05) is 38.1 Å². The summed E-state index contributed by atoms with van der Waals surface area (Å²) >= 11 is 3.48. The zero-order valence-corrected chi connectivity index (χ0v) is 13.3. The second-order valence-electron chi connectivity index (χ2n) is 5.54. The molecule has 0 aromatic heterocycles. The van der Waals surface area contributed by atoms with Gasteiger partial charge in [-0.3, -0.25) is 9.59 Å². The lowest BCUT2D eigenvalue weighted by Crippen LogP contribution is -2.57. The van der Waals surface area contributed by atoms with Crippen molar-refractivity contribution in [2.45, 2.75) is 32.9 Å². The van der Waals surface area contributed by atoms with E-state index in [4.69, 9.17) is 0 Å². The highest BCUT2D eigenvalue weighted by atomic mass is 79.9. The number of rotatable bonds is 4. The zero-order valence-electron chi connectivity index (χ0n) is 11.7. The SMILES string of the molecule is CC(C)CC1NC(=O)CN(Cc2ccccc2Br)C1=O. The first kappa shape index (κ1) is 15.0. The number of halogens is 1. The van der Waals surface area contributed by atoms with Gasteiger partial charge in [0.2, 0.25) is 11.8 Å². The summed E-state index contributed by atoms with van der Waals surface area (Å²) in [6.45, 7) is 4.69.